The predicted molar refractivity (Wildman–Crippen MR) is 101 cm³/mol. The first-order chi connectivity index (χ1) is 12.5. The molecule has 1 atom stereocenters. The standard InChI is InChI=1S/C21H22FN3O/c1-13-5-4-6-18(14(13)2)19(21-11-23-12-24-21)9-16-7-8-17(10-20(16)22)25-15(3)26/h4-8,10-12,19H,9H2,1-3H3,(H,23,24)(H,25,26). The molecule has 1 heterocycles. The van der Waals surface area contributed by atoms with Crippen molar-refractivity contribution in [3.8, 4) is 0 Å². The zero-order chi connectivity index (χ0) is 18.7. The maximum absolute atomic E-state index is 14.6. The Morgan fingerprint density at radius 2 is 2.08 bits per heavy atom. The third-order valence-corrected chi connectivity index (χ3v) is 4.71. The van der Waals surface area contributed by atoms with Crippen LogP contribution in [-0.2, 0) is 11.2 Å². The molecule has 1 unspecified atom stereocenters. The number of aromatic amines is 1. The third-order valence-electron chi connectivity index (χ3n) is 4.71. The molecule has 0 fully saturated rings. The summed E-state index contributed by atoms with van der Waals surface area (Å²) < 4.78 is 14.6. The second-order valence-electron chi connectivity index (χ2n) is 6.54. The molecule has 5 heteroatoms. The molecule has 0 saturated heterocycles. The van der Waals surface area contributed by atoms with E-state index >= 15 is 0 Å². The molecule has 0 aliphatic carbocycles. The van der Waals surface area contributed by atoms with Crippen LogP contribution in [0.25, 0.3) is 0 Å². The Kier molecular flexibility index (Phi) is 5.16. The zero-order valence-corrected chi connectivity index (χ0v) is 15.1. The van der Waals surface area contributed by atoms with Crippen molar-refractivity contribution >= 4 is 11.6 Å². The van der Waals surface area contributed by atoms with Gasteiger partial charge in [0.15, 0.2) is 0 Å². The summed E-state index contributed by atoms with van der Waals surface area (Å²) in [5.41, 5.74) is 5.56. The normalized spacial score (nSPS) is 12.0. The molecule has 0 bridgehead atoms. The van der Waals surface area contributed by atoms with Gasteiger partial charge >= 0.3 is 0 Å². The number of amides is 1. The second-order valence-corrected chi connectivity index (χ2v) is 6.54. The Hall–Kier alpha value is -2.95. The minimum Gasteiger partial charge on any atom is -0.348 e. The van der Waals surface area contributed by atoms with Gasteiger partial charge in [0.2, 0.25) is 5.91 Å². The summed E-state index contributed by atoms with van der Waals surface area (Å²) in [7, 11) is 0. The lowest BCUT2D eigenvalue weighted by molar-refractivity contribution is -0.114. The smallest absolute Gasteiger partial charge is 0.221 e. The molecule has 3 rings (SSSR count). The van der Waals surface area contributed by atoms with Gasteiger partial charge in [-0.1, -0.05) is 24.3 Å². The minimum absolute atomic E-state index is 0.0292. The number of carbonyl (C=O) groups is 1. The second kappa shape index (κ2) is 7.52. The lowest BCUT2D eigenvalue weighted by Gasteiger charge is -2.20. The topological polar surface area (TPSA) is 57.8 Å². The number of halogens is 1. The molecule has 0 aliphatic rings. The summed E-state index contributed by atoms with van der Waals surface area (Å²) in [5.74, 6) is -0.576. The van der Waals surface area contributed by atoms with Gasteiger partial charge in [0.1, 0.15) is 5.82 Å². The van der Waals surface area contributed by atoms with Gasteiger partial charge in [-0.2, -0.15) is 0 Å². The van der Waals surface area contributed by atoms with Crippen LogP contribution in [0.1, 0.15) is 40.8 Å². The lowest BCUT2D eigenvalue weighted by atomic mass is 9.85. The highest BCUT2D eigenvalue weighted by Crippen LogP contribution is 2.31. The number of aryl methyl sites for hydroxylation is 1. The first kappa shape index (κ1) is 17.9. The minimum atomic E-state index is -0.328. The van der Waals surface area contributed by atoms with Crippen LogP contribution in [0.4, 0.5) is 10.1 Å². The Labute approximate surface area is 152 Å². The number of anilines is 1. The van der Waals surface area contributed by atoms with E-state index in [4.69, 9.17) is 0 Å². The summed E-state index contributed by atoms with van der Waals surface area (Å²) in [5, 5.41) is 2.61. The van der Waals surface area contributed by atoms with Crippen LogP contribution < -0.4 is 5.32 Å². The molecule has 0 radical (unpaired) electrons. The number of H-pyrrole nitrogens is 1. The molecule has 0 saturated carbocycles. The van der Waals surface area contributed by atoms with E-state index in [1.54, 1.807) is 24.7 Å². The van der Waals surface area contributed by atoms with Crippen molar-refractivity contribution in [1.82, 2.24) is 9.97 Å². The average molecular weight is 351 g/mol. The molecule has 2 aromatic carbocycles. The fraction of sp³-hybridized carbons (Fsp3) is 0.238. The molecule has 0 spiro atoms. The highest BCUT2D eigenvalue weighted by atomic mass is 19.1. The van der Waals surface area contributed by atoms with E-state index in [2.05, 4.69) is 41.3 Å². The summed E-state index contributed by atoms with van der Waals surface area (Å²) in [4.78, 5) is 18.5. The highest BCUT2D eigenvalue weighted by molar-refractivity contribution is 5.88. The van der Waals surface area contributed by atoms with E-state index in [-0.39, 0.29) is 17.6 Å². The zero-order valence-electron chi connectivity index (χ0n) is 15.1. The summed E-state index contributed by atoms with van der Waals surface area (Å²) in [6.45, 7) is 5.57. The van der Waals surface area contributed by atoms with Crippen LogP contribution in [0, 0.1) is 19.7 Å². The molecule has 4 nitrogen and oxygen atoms in total. The molecule has 134 valence electrons. The molecule has 3 aromatic rings. The van der Waals surface area contributed by atoms with Crippen molar-refractivity contribution in [2.45, 2.75) is 33.1 Å². The van der Waals surface area contributed by atoms with Crippen molar-refractivity contribution in [2.75, 3.05) is 5.32 Å². The van der Waals surface area contributed by atoms with E-state index in [9.17, 15) is 9.18 Å². The molecule has 1 aromatic heterocycles. The monoisotopic (exact) mass is 351 g/mol. The Balaban J connectivity index is 1.97. The van der Waals surface area contributed by atoms with Gasteiger partial charge in [0, 0.05) is 30.4 Å². The summed E-state index contributed by atoms with van der Waals surface area (Å²) in [6.07, 6.45) is 3.93. The summed E-state index contributed by atoms with van der Waals surface area (Å²) >= 11 is 0. The maximum atomic E-state index is 14.6. The summed E-state index contributed by atoms with van der Waals surface area (Å²) in [6, 6.07) is 11.0. The molecular formula is C21H22FN3O. The van der Waals surface area contributed by atoms with E-state index in [1.165, 1.54) is 24.1 Å². The predicted octanol–water partition coefficient (Wildman–Crippen LogP) is 4.50. The van der Waals surface area contributed by atoms with E-state index in [0.29, 0.717) is 17.7 Å². The van der Waals surface area contributed by atoms with Gasteiger partial charge in [-0.15, -0.1) is 0 Å². The Bertz CT molecular complexity index is 919. The van der Waals surface area contributed by atoms with Crippen molar-refractivity contribution in [3.05, 3.63) is 82.7 Å². The van der Waals surface area contributed by atoms with Crippen LogP contribution in [0.2, 0.25) is 0 Å². The van der Waals surface area contributed by atoms with Gasteiger partial charge in [-0.05, 0) is 54.7 Å². The number of hydrogen-bond donors (Lipinski definition) is 2. The van der Waals surface area contributed by atoms with Gasteiger partial charge < -0.3 is 10.3 Å². The van der Waals surface area contributed by atoms with E-state index < -0.39 is 0 Å². The third kappa shape index (κ3) is 3.82. The van der Waals surface area contributed by atoms with Gasteiger partial charge in [-0.3, -0.25) is 4.79 Å². The highest BCUT2D eigenvalue weighted by Gasteiger charge is 2.20. The SMILES string of the molecule is CC(=O)Nc1ccc(CC(c2cnc[nH]2)c2cccc(C)c2C)c(F)c1. The van der Waals surface area contributed by atoms with E-state index in [1.807, 2.05) is 6.07 Å². The van der Waals surface area contributed by atoms with Gasteiger partial charge in [-0.25, -0.2) is 9.37 Å². The molecule has 2 N–H and O–H groups in total. The average Bonchev–Trinajstić information content (AvgIpc) is 3.11. The number of benzene rings is 2. The van der Waals surface area contributed by atoms with Gasteiger partial charge in [0.25, 0.3) is 0 Å². The first-order valence-electron chi connectivity index (χ1n) is 8.56. The van der Waals surface area contributed by atoms with Crippen molar-refractivity contribution < 1.29 is 9.18 Å². The lowest BCUT2D eigenvalue weighted by Crippen LogP contribution is -2.10. The molecule has 26 heavy (non-hydrogen) atoms. The maximum Gasteiger partial charge on any atom is 0.221 e. The fourth-order valence-corrected chi connectivity index (χ4v) is 3.21. The van der Waals surface area contributed by atoms with Gasteiger partial charge in [0.05, 0.1) is 6.33 Å². The van der Waals surface area contributed by atoms with Crippen LogP contribution in [0.3, 0.4) is 0 Å². The van der Waals surface area contributed by atoms with Crippen LogP contribution in [-0.4, -0.2) is 15.9 Å². The van der Waals surface area contributed by atoms with Crippen LogP contribution in [0.5, 0.6) is 0 Å². The fourth-order valence-electron chi connectivity index (χ4n) is 3.21. The number of aromatic nitrogens is 2. The number of hydrogen-bond acceptors (Lipinski definition) is 2. The molecule has 1 amide bonds. The quantitative estimate of drug-likeness (QED) is 0.711. The first-order valence-corrected chi connectivity index (χ1v) is 8.56. The van der Waals surface area contributed by atoms with Crippen LogP contribution in [0.15, 0.2) is 48.9 Å². The largest absolute Gasteiger partial charge is 0.348 e. The number of rotatable bonds is 5. The van der Waals surface area contributed by atoms with Crippen molar-refractivity contribution in [3.63, 3.8) is 0 Å². The number of nitrogens with one attached hydrogen (secondary N) is 2. The number of carbonyl (C=O) groups excluding carboxylic acids is 1. The van der Waals surface area contributed by atoms with Crippen molar-refractivity contribution in [2.24, 2.45) is 0 Å². The van der Waals surface area contributed by atoms with Crippen LogP contribution >= 0.6 is 0 Å². The van der Waals surface area contributed by atoms with Crippen molar-refractivity contribution in [1.29, 1.82) is 0 Å². The number of nitrogens with zero attached hydrogens (tertiary/aromatic N) is 1. The number of imidazole rings is 1. The molecular weight excluding hydrogens is 329 g/mol. The van der Waals surface area contributed by atoms with E-state index in [0.717, 1.165) is 11.3 Å². The molecule has 0 aliphatic heterocycles. The Morgan fingerprint density at radius 1 is 1.27 bits per heavy atom. The Morgan fingerprint density at radius 3 is 2.73 bits per heavy atom.